The summed E-state index contributed by atoms with van der Waals surface area (Å²) in [6.07, 6.45) is 0.967. The van der Waals surface area contributed by atoms with Crippen molar-refractivity contribution in [3.05, 3.63) is 28.8 Å². The van der Waals surface area contributed by atoms with Crippen LogP contribution in [-0.4, -0.2) is 32.1 Å². The molecule has 0 unspecified atom stereocenters. The molecule has 0 spiro atoms. The number of anilines is 1. The Labute approximate surface area is 119 Å². The van der Waals surface area contributed by atoms with Gasteiger partial charge < -0.3 is 15.5 Å². The normalized spacial score (nSPS) is 16.1. The Kier molecular flexibility index (Phi) is 5.05. The summed E-state index contributed by atoms with van der Waals surface area (Å²) >= 11 is 6.07. The molecule has 2 rings (SSSR count). The van der Waals surface area contributed by atoms with Gasteiger partial charge in [-0.15, -0.1) is 0 Å². The standard InChI is InChI=1S/C14H20ClN3O/c1-2-16-9-11-8-12(15)4-5-13(11)18-7-3-6-17-14(19)10-18/h4-5,8,16H,2-3,6-7,9-10H2,1H3,(H,17,19). The first-order valence-corrected chi connectivity index (χ1v) is 7.09. The zero-order valence-electron chi connectivity index (χ0n) is 11.2. The quantitative estimate of drug-likeness (QED) is 0.884. The number of halogens is 1. The summed E-state index contributed by atoms with van der Waals surface area (Å²) in [4.78, 5) is 13.8. The van der Waals surface area contributed by atoms with Crippen LogP contribution in [0.25, 0.3) is 0 Å². The third-order valence-corrected chi connectivity index (χ3v) is 3.44. The van der Waals surface area contributed by atoms with Crippen molar-refractivity contribution in [1.82, 2.24) is 10.6 Å². The summed E-state index contributed by atoms with van der Waals surface area (Å²) in [6, 6.07) is 5.87. The Hall–Kier alpha value is -1.26. The van der Waals surface area contributed by atoms with Crippen LogP contribution in [0.2, 0.25) is 5.02 Å². The zero-order valence-corrected chi connectivity index (χ0v) is 12.0. The van der Waals surface area contributed by atoms with E-state index in [2.05, 4.69) is 22.5 Å². The minimum absolute atomic E-state index is 0.0850. The van der Waals surface area contributed by atoms with Crippen LogP contribution >= 0.6 is 11.6 Å². The third-order valence-electron chi connectivity index (χ3n) is 3.21. The number of amides is 1. The highest BCUT2D eigenvalue weighted by Crippen LogP contribution is 2.25. The van der Waals surface area contributed by atoms with Gasteiger partial charge in [-0.1, -0.05) is 18.5 Å². The van der Waals surface area contributed by atoms with Crippen molar-refractivity contribution in [2.24, 2.45) is 0 Å². The number of nitrogens with one attached hydrogen (secondary N) is 2. The van der Waals surface area contributed by atoms with E-state index in [1.807, 2.05) is 18.2 Å². The van der Waals surface area contributed by atoms with Crippen molar-refractivity contribution < 1.29 is 4.79 Å². The molecule has 4 nitrogen and oxygen atoms in total. The second-order valence-corrected chi connectivity index (χ2v) is 5.11. The van der Waals surface area contributed by atoms with E-state index in [4.69, 9.17) is 11.6 Å². The molecule has 1 fully saturated rings. The molecular weight excluding hydrogens is 262 g/mol. The SMILES string of the molecule is CCNCc1cc(Cl)ccc1N1CCCNC(=O)C1. The van der Waals surface area contributed by atoms with Gasteiger partial charge in [-0.25, -0.2) is 0 Å². The highest BCUT2D eigenvalue weighted by Gasteiger charge is 2.17. The van der Waals surface area contributed by atoms with Crippen molar-refractivity contribution in [1.29, 1.82) is 0 Å². The van der Waals surface area contributed by atoms with Gasteiger partial charge in [-0.3, -0.25) is 4.79 Å². The Bertz CT molecular complexity index is 450. The lowest BCUT2D eigenvalue weighted by Gasteiger charge is -2.24. The molecule has 2 N–H and O–H groups in total. The van der Waals surface area contributed by atoms with E-state index in [1.54, 1.807) is 0 Å². The molecule has 19 heavy (non-hydrogen) atoms. The smallest absolute Gasteiger partial charge is 0.239 e. The maximum Gasteiger partial charge on any atom is 0.239 e. The van der Waals surface area contributed by atoms with Crippen LogP contribution in [0.4, 0.5) is 5.69 Å². The molecule has 0 atom stereocenters. The zero-order chi connectivity index (χ0) is 13.7. The molecule has 1 saturated heterocycles. The Morgan fingerprint density at radius 1 is 1.47 bits per heavy atom. The van der Waals surface area contributed by atoms with E-state index >= 15 is 0 Å². The summed E-state index contributed by atoms with van der Waals surface area (Å²) in [5.74, 6) is 0.0850. The predicted octanol–water partition coefficient (Wildman–Crippen LogP) is 1.78. The Morgan fingerprint density at radius 3 is 3.11 bits per heavy atom. The number of rotatable bonds is 4. The first-order chi connectivity index (χ1) is 9.20. The van der Waals surface area contributed by atoms with E-state index < -0.39 is 0 Å². The molecule has 1 heterocycles. The van der Waals surface area contributed by atoms with Crippen molar-refractivity contribution in [3.8, 4) is 0 Å². The molecule has 1 aliphatic heterocycles. The lowest BCUT2D eigenvalue weighted by molar-refractivity contribution is -0.119. The molecule has 0 aliphatic carbocycles. The molecule has 0 radical (unpaired) electrons. The average Bonchev–Trinajstić information content (AvgIpc) is 2.61. The van der Waals surface area contributed by atoms with Crippen molar-refractivity contribution in [3.63, 3.8) is 0 Å². The maximum atomic E-state index is 11.7. The number of benzene rings is 1. The highest BCUT2D eigenvalue weighted by atomic mass is 35.5. The summed E-state index contributed by atoms with van der Waals surface area (Å²) < 4.78 is 0. The Balaban J connectivity index is 2.23. The molecule has 1 aromatic carbocycles. The summed E-state index contributed by atoms with van der Waals surface area (Å²) in [6.45, 7) is 5.81. The summed E-state index contributed by atoms with van der Waals surface area (Å²) in [7, 11) is 0. The van der Waals surface area contributed by atoms with Crippen LogP contribution in [0.5, 0.6) is 0 Å². The van der Waals surface area contributed by atoms with Crippen molar-refractivity contribution in [2.45, 2.75) is 19.9 Å². The number of hydrogen-bond acceptors (Lipinski definition) is 3. The van der Waals surface area contributed by atoms with E-state index in [0.29, 0.717) is 6.54 Å². The van der Waals surface area contributed by atoms with Crippen LogP contribution in [0.3, 0.4) is 0 Å². The van der Waals surface area contributed by atoms with Crippen molar-refractivity contribution >= 4 is 23.2 Å². The van der Waals surface area contributed by atoms with E-state index in [0.717, 1.165) is 48.9 Å². The van der Waals surface area contributed by atoms with Crippen LogP contribution in [0.15, 0.2) is 18.2 Å². The molecule has 1 amide bonds. The molecule has 104 valence electrons. The minimum atomic E-state index is 0.0850. The summed E-state index contributed by atoms with van der Waals surface area (Å²) in [5.41, 5.74) is 2.24. The fourth-order valence-electron chi connectivity index (χ4n) is 2.28. The molecule has 1 aromatic rings. The third kappa shape index (κ3) is 3.85. The van der Waals surface area contributed by atoms with Gasteiger partial charge in [0.05, 0.1) is 6.54 Å². The molecule has 1 aliphatic rings. The number of hydrogen-bond donors (Lipinski definition) is 2. The van der Waals surface area contributed by atoms with Crippen LogP contribution in [0.1, 0.15) is 18.9 Å². The predicted molar refractivity (Wildman–Crippen MR) is 78.7 cm³/mol. The minimum Gasteiger partial charge on any atom is -0.362 e. The Morgan fingerprint density at radius 2 is 2.32 bits per heavy atom. The highest BCUT2D eigenvalue weighted by molar-refractivity contribution is 6.30. The lowest BCUT2D eigenvalue weighted by atomic mass is 10.1. The van der Waals surface area contributed by atoms with E-state index in [9.17, 15) is 4.79 Å². The van der Waals surface area contributed by atoms with Gasteiger partial charge in [0.1, 0.15) is 0 Å². The second kappa shape index (κ2) is 6.78. The van der Waals surface area contributed by atoms with Gasteiger partial charge in [0.2, 0.25) is 5.91 Å². The number of nitrogens with zero attached hydrogens (tertiary/aromatic N) is 1. The fraction of sp³-hybridized carbons (Fsp3) is 0.500. The molecular formula is C14H20ClN3O. The monoisotopic (exact) mass is 281 g/mol. The van der Waals surface area contributed by atoms with E-state index in [-0.39, 0.29) is 5.91 Å². The van der Waals surface area contributed by atoms with Gasteiger partial charge in [-0.05, 0) is 36.7 Å². The number of carbonyl (C=O) groups excluding carboxylic acids is 1. The van der Waals surface area contributed by atoms with Gasteiger partial charge in [-0.2, -0.15) is 0 Å². The van der Waals surface area contributed by atoms with Gasteiger partial charge >= 0.3 is 0 Å². The van der Waals surface area contributed by atoms with Gasteiger partial charge in [0, 0.05) is 30.3 Å². The fourth-order valence-corrected chi connectivity index (χ4v) is 2.47. The summed E-state index contributed by atoms with van der Waals surface area (Å²) in [5, 5.41) is 6.94. The van der Waals surface area contributed by atoms with E-state index in [1.165, 1.54) is 0 Å². The van der Waals surface area contributed by atoms with Gasteiger partial charge in [0.25, 0.3) is 0 Å². The first kappa shape index (κ1) is 14.2. The molecule has 5 heteroatoms. The molecule has 0 aromatic heterocycles. The second-order valence-electron chi connectivity index (χ2n) is 4.68. The largest absolute Gasteiger partial charge is 0.362 e. The topological polar surface area (TPSA) is 44.4 Å². The van der Waals surface area contributed by atoms with Crippen LogP contribution in [0, 0.1) is 0 Å². The van der Waals surface area contributed by atoms with Crippen LogP contribution in [-0.2, 0) is 11.3 Å². The molecule has 0 saturated carbocycles. The van der Waals surface area contributed by atoms with Gasteiger partial charge in [0.15, 0.2) is 0 Å². The average molecular weight is 282 g/mol. The number of carbonyl (C=O) groups is 1. The first-order valence-electron chi connectivity index (χ1n) is 6.71. The maximum absolute atomic E-state index is 11.7. The van der Waals surface area contributed by atoms with Crippen LogP contribution < -0.4 is 15.5 Å². The lowest BCUT2D eigenvalue weighted by Crippen LogP contribution is -2.33. The molecule has 0 bridgehead atoms. The van der Waals surface area contributed by atoms with Crippen molar-refractivity contribution in [2.75, 3.05) is 31.1 Å².